The zero-order valence-electron chi connectivity index (χ0n) is 12.7. The quantitative estimate of drug-likeness (QED) is 0.638. The molecule has 128 valence electrons. The highest BCUT2D eigenvalue weighted by molar-refractivity contribution is 9.10. The fourth-order valence-corrected chi connectivity index (χ4v) is 3.48. The van der Waals surface area contributed by atoms with E-state index < -0.39 is 11.9 Å². The molecule has 10 heteroatoms. The zero-order valence-corrected chi connectivity index (χ0v) is 15.8. The third kappa shape index (κ3) is 3.30. The van der Waals surface area contributed by atoms with Gasteiger partial charge in [-0.15, -0.1) is 11.3 Å². The second-order valence-corrected chi connectivity index (χ2v) is 6.98. The van der Waals surface area contributed by atoms with Crippen molar-refractivity contribution in [2.45, 2.75) is 6.92 Å². The lowest BCUT2D eigenvalue weighted by molar-refractivity contribution is 0.0698. The van der Waals surface area contributed by atoms with Crippen molar-refractivity contribution in [3.8, 4) is 5.82 Å². The number of anilines is 1. The number of carbonyl (C=O) groups is 2. The molecule has 0 fully saturated rings. The summed E-state index contributed by atoms with van der Waals surface area (Å²) >= 11 is 10.6. The number of carboxylic acids is 1. The van der Waals surface area contributed by atoms with Crippen LogP contribution in [0.25, 0.3) is 5.82 Å². The van der Waals surface area contributed by atoms with Crippen molar-refractivity contribution in [2.24, 2.45) is 0 Å². The van der Waals surface area contributed by atoms with Gasteiger partial charge < -0.3 is 10.4 Å². The molecule has 0 atom stereocenters. The minimum absolute atomic E-state index is 0.0250. The molecule has 1 amide bonds. The van der Waals surface area contributed by atoms with Crippen LogP contribution in [0.3, 0.4) is 0 Å². The number of nitrogens with one attached hydrogen (secondary N) is 1. The zero-order chi connectivity index (χ0) is 18.1. The Balaban J connectivity index is 2.05. The van der Waals surface area contributed by atoms with Crippen LogP contribution in [0, 0.1) is 6.92 Å². The van der Waals surface area contributed by atoms with E-state index in [9.17, 15) is 9.59 Å². The van der Waals surface area contributed by atoms with Crippen LogP contribution in [0.1, 0.15) is 26.4 Å². The van der Waals surface area contributed by atoms with E-state index in [1.165, 1.54) is 16.9 Å². The number of pyridine rings is 1. The van der Waals surface area contributed by atoms with E-state index in [1.807, 2.05) is 0 Å². The van der Waals surface area contributed by atoms with Gasteiger partial charge in [-0.05, 0) is 46.4 Å². The highest BCUT2D eigenvalue weighted by Crippen LogP contribution is 2.28. The number of nitrogens with zero attached hydrogens (tertiary/aromatic N) is 3. The van der Waals surface area contributed by atoms with Crippen molar-refractivity contribution in [1.29, 1.82) is 0 Å². The number of rotatable bonds is 4. The van der Waals surface area contributed by atoms with E-state index in [2.05, 4.69) is 31.3 Å². The van der Waals surface area contributed by atoms with E-state index in [1.54, 1.807) is 24.4 Å². The third-order valence-corrected chi connectivity index (χ3v) is 5.22. The predicted octanol–water partition coefficient (Wildman–Crippen LogP) is 4.00. The van der Waals surface area contributed by atoms with Crippen LogP contribution >= 0.6 is 38.9 Å². The molecule has 3 aromatic rings. The topological polar surface area (TPSA) is 97.1 Å². The second-order valence-electron chi connectivity index (χ2n) is 4.91. The lowest BCUT2D eigenvalue weighted by Gasteiger charge is -2.09. The Morgan fingerprint density at radius 2 is 2.16 bits per heavy atom. The van der Waals surface area contributed by atoms with Crippen molar-refractivity contribution < 1.29 is 14.7 Å². The first-order chi connectivity index (χ1) is 11.9. The van der Waals surface area contributed by atoms with Gasteiger partial charge in [0.05, 0.1) is 10.6 Å². The normalized spacial score (nSPS) is 10.7. The summed E-state index contributed by atoms with van der Waals surface area (Å²) in [6, 6.07) is 4.73. The average molecular weight is 442 g/mol. The number of hydrogen-bond acceptors (Lipinski definition) is 5. The van der Waals surface area contributed by atoms with Crippen LogP contribution in [0.15, 0.2) is 34.4 Å². The van der Waals surface area contributed by atoms with Crippen molar-refractivity contribution in [3.05, 3.63) is 56.2 Å². The van der Waals surface area contributed by atoms with Crippen molar-refractivity contribution in [2.75, 3.05) is 5.32 Å². The van der Waals surface area contributed by atoms with Crippen molar-refractivity contribution >= 4 is 55.7 Å². The number of carboxylic acid groups (broad SMARTS) is 1. The molecular weight excluding hydrogens is 432 g/mol. The summed E-state index contributed by atoms with van der Waals surface area (Å²) in [4.78, 5) is 28.1. The van der Waals surface area contributed by atoms with Gasteiger partial charge in [-0.2, -0.15) is 5.10 Å². The van der Waals surface area contributed by atoms with Gasteiger partial charge in [-0.3, -0.25) is 4.79 Å². The molecule has 0 spiro atoms. The summed E-state index contributed by atoms with van der Waals surface area (Å²) in [6.45, 7) is 1.71. The maximum absolute atomic E-state index is 12.8. The molecule has 0 aliphatic rings. The molecular formula is C15H10BrClN4O3S. The van der Waals surface area contributed by atoms with E-state index >= 15 is 0 Å². The Hall–Kier alpha value is -2.23. The van der Waals surface area contributed by atoms with Gasteiger partial charge in [0.25, 0.3) is 5.91 Å². The molecule has 0 aliphatic carbocycles. The SMILES string of the molecule is Cc1c(Br)nn(-c2ncccc2Cl)c1C(=O)Nc1sccc1C(=O)O. The maximum Gasteiger partial charge on any atom is 0.338 e. The van der Waals surface area contributed by atoms with Crippen molar-refractivity contribution in [3.63, 3.8) is 0 Å². The number of aromatic carboxylic acids is 1. The smallest absolute Gasteiger partial charge is 0.338 e. The molecule has 25 heavy (non-hydrogen) atoms. The van der Waals surface area contributed by atoms with Gasteiger partial charge in [0.15, 0.2) is 5.82 Å². The molecule has 7 nitrogen and oxygen atoms in total. The van der Waals surface area contributed by atoms with E-state index in [-0.39, 0.29) is 16.3 Å². The number of carbonyl (C=O) groups excluding carboxylic acids is 1. The summed E-state index contributed by atoms with van der Waals surface area (Å²) in [5.41, 5.74) is 0.807. The molecule has 3 rings (SSSR count). The van der Waals surface area contributed by atoms with Crippen LogP contribution in [0.4, 0.5) is 5.00 Å². The highest BCUT2D eigenvalue weighted by atomic mass is 79.9. The first-order valence-electron chi connectivity index (χ1n) is 6.88. The average Bonchev–Trinajstić information content (AvgIpc) is 3.13. The maximum atomic E-state index is 12.8. The molecule has 0 bridgehead atoms. The predicted molar refractivity (Wildman–Crippen MR) is 98.0 cm³/mol. The standard InChI is InChI=1S/C15H10BrClN4O3S/c1-7-10(13(22)19-14-8(15(23)24)4-6-25-14)21(20-11(7)16)12-9(17)3-2-5-18-12/h2-6H,1H3,(H,19,22)(H,23,24). The van der Waals surface area contributed by atoms with E-state index in [4.69, 9.17) is 16.7 Å². The Morgan fingerprint density at radius 3 is 2.84 bits per heavy atom. The van der Waals surface area contributed by atoms with Gasteiger partial charge in [-0.1, -0.05) is 11.6 Å². The molecule has 2 N–H and O–H groups in total. The number of amides is 1. The molecule has 0 saturated heterocycles. The van der Waals surface area contributed by atoms with Gasteiger partial charge in [0.2, 0.25) is 0 Å². The summed E-state index contributed by atoms with van der Waals surface area (Å²) < 4.78 is 1.79. The molecule has 0 unspecified atom stereocenters. The van der Waals surface area contributed by atoms with Crippen molar-refractivity contribution in [1.82, 2.24) is 14.8 Å². The fourth-order valence-electron chi connectivity index (χ4n) is 2.16. The van der Waals surface area contributed by atoms with Crippen LogP contribution < -0.4 is 5.32 Å². The van der Waals surface area contributed by atoms with Crippen LogP contribution in [-0.4, -0.2) is 31.7 Å². The van der Waals surface area contributed by atoms with Crippen LogP contribution in [-0.2, 0) is 0 Å². The molecule has 0 aliphatic heterocycles. The second kappa shape index (κ2) is 6.95. The lowest BCUT2D eigenvalue weighted by atomic mass is 10.2. The first kappa shape index (κ1) is 17.6. The molecule has 0 radical (unpaired) electrons. The number of aromatic nitrogens is 3. The number of halogens is 2. The number of hydrogen-bond donors (Lipinski definition) is 2. The Kier molecular flexibility index (Phi) is 4.89. The largest absolute Gasteiger partial charge is 0.478 e. The summed E-state index contributed by atoms with van der Waals surface area (Å²) in [5, 5.41) is 18.2. The lowest BCUT2D eigenvalue weighted by Crippen LogP contribution is -2.19. The summed E-state index contributed by atoms with van der Waals surface area (Å²) in [5.74, 6) is -1.33. The Bertz CT molecular complexity index is 985. The van der Waals surface area contributed by atoms with E-state index in [0.717, 1.165) is 11.3 Å². The van der Waals surface area contributed by atoms with Gasteiger partial charge in [0, 0.05) is 11.8 Å². The molecule has 0 aromatic carbocycles. The van der Waals surface area contributed by atoms with Crippen LogP contribution in [0.5, 0.6) is 0 Å². The Labute approximate surface area is 159 Å². The van der Waals surface area contributed by atoms with Gasteiger partial charge in [0.1, 0.15) is 15.3 Å². The molecule has 0 saturated carbocycles. The third-order valence-electron chi connectivity index (χ3n) is 3.34. The van der Waals surface area contributed by atoms with Gasteiger partial charge >= 0.3 is 5.97 Å². The van der Waals surface area contributed by atoms with E-state index in [0.29, 0.717) is 21.0 Å². The monoisotopic (exact) mass is 440 g/mol. The number of thiophene rings is 1. The van der Waals surface area contributed by atoms with Gasteiger partial charge in [-0.25, -0.2) is 14.5 Å². The minimum atomic E-state index is -1.12. The first-order valence-corrected chi connectivity index (χ1v) is 8.93. The summed E-state index contributed by atoms with van der Waals surface area (Å²) in [7, 11) is 0. The van der Waals surface area contributed by atoms with Crippen LogP contribution in [0.2, 0.25) is 5.02 Å². The highest BCUT2D eigenvalue weighted by Gasteiger charge is 2.24. The molecule has 3 heterocycles. The Morgan fingerprint density at radius 1 is 1.40 bits per heavy atom. The molecule has 3 aromatic heterocycles. The summed E-state index contributed by atoms with van der Waals surface area (Å²) in [6.07, 6.45) is 1.54. The fraction of sp³-hybridized carbons (Fsp3) is 0.0667. The minimum Gasteiger partial charge on any atom is -0.478 e.